The zero-order valence-corrected chi connectivity index (χ0v) is 14.1. The number of benzene rings is 1. The number of carbonyl (C=O) groups excluding carboxylic acids is 1. The summed E-state index contributed by atoms with van der Waals surface area (Å²) in [5, 5.41) is 3.79. The predicted octanol–water partition coefficient (Wildman–Crippen LogP) is 2.02. The number of aryl methyl sites for hydroxylation is 2. The largest absolute Gasteiger partial charge is 0.352 e. The second-order valence-corrected chi connectivity index (χ2v) is 8.53. The maximum atomic E-state index is 12.4. The van der Waals surface area contributed by atoms with Gasteiger partial charge in [-0.05, 0) is 44.4 Å². The molecule has 0 spiro atoms. The Morgan fingerprint density at radius 3 is 2.78 bits per heavy atom. The summed E-state index contributed by atoms with van der Waals surface area (Å²) in [5.41, 5.74) is 3.21. The van der Waals surface area contributed by atoms with Crippen LogP contribution in [-0.2, 0) is 9.84 Å². The zero-order valence-electron chi connectivity index (χ0n) is 13.3. The van der Waals surface area contributed by atoms with Gasteiger partial charge in [-0.1, -0.05) is 11.6 Å². The van der Waals surface area contributed by atoms with Gasteiger partial charge in [0.15, 0.2) is 9.84 Å². The third-order valence-corrected chi connectivity index (χ3v) is 6.12. The standard InChI is InChI=1S/C17H20N2O3S/c1-11-3-4-16-14(7-11)8-15(12(2)19-16)17(20)18-9-13-5-6-23(21,22)10-13/h3-4,7-8,13H,5-6,9-10H2,1-2H3,(H,18,20). The van der Waals surface area contributed by atoms with Gasteiger partial charge < -0.3 is 5.32 Å². The van der Waals surface area contributed by atoms with Gasteiger partial charge in [0.2, 0.25) is 0 Å². The monoisotopic (exact) mass is 332 g/mol. The molecule has 1 aromatic heterocycles. The molecule has 1 unspecified atom stereocenters. The van der Waals surface area contributed by atoms with Crippen LogP contribution in [0.3, 0.4) is 0 Å². The molecule has 1 saturated heterocycles. The Bertz CT molecular complexity index is 875. The van der Waals surface area contributed by atoms with Crippen molar-refractivity contribution in [1.82, 2.24) is 10.3 Å². The first-order valence-electron chi connectivity index (χ1n) is 7.71. The maximum Gasteiger partial charge on any atom is 0.253 e. The molecule has 23 heavy (non-hydrogen) atoms. The summed E-state index contributed by atoms with van der Waals surface area (Å²) in [6.07, 6.45) is 0.622. The topological polar surface area (TPSA) is 76.1 Å². The zero-order chi connectivity index (χ0) is 16.6. The van der Waals surface area contributed by atoms with E-state index >= 15 is 0 Å². The van der Waals surface area contributed by atoms with Crippen molar-refractivity contribution in [2.45, 2.75) is 20.3 Å². The average molecular weight is 332 g/mol. The van der Waals surface area contributed by atoms with Crippen LogP contribution in [-0.4, -0.2) is 37.4 Å². The van der Waals surface area contributed by atoms with E-state index in [2.05, 4.69) is 10.3 Å². The van der Waals surface area contributed by atoms with Crippen LogP contribution in [0, 0.1) is 19.8 Å². The van der Waals surface area contributed by atoms with E-state index in [1.54, 1.807) is 0 Å². The van der Waals surface area contributed by atoms with Gasteiger partial charge in [-0.25, -0.2) is 8.42 Å². The summed E-state index contributed by atoms with van der Waals surface area (Å²) in [6.45, 7) is 4.21. The summed E-state index contributed by atoms with van der Waals surface area (Å²) < 4.78 is 22.9. The molecule has 122 valence electrons. The third-order valence-electron chi connectivity index (χ3n) is 4.28. The molecule has 3 rings (SSSR count). The first kappa shape index (κ1) is 15.9. The van der Waals surface area contributed by atoms with Crippen molar-refractivity contribution < 1.29 is 13.2 Å². The maximum absolute atomic E-state index is 12.4. The van der Waals surface area contributed by atoms with Gasteiger partial charge in [-0.15, -0.1) is 0 Å². The third kappa shape index (κ3) is 3.52. The first-order chi connectivity index (χ1) is 10.8. The van der Waals surface area contributed by atoms with Gasteiger partial charge in [-0.3, -0.25) is 9.78 Å². The van der Waals surface area contributed by atoms with E-state index in [1.165, 1.54) is 0 Å². The number of rotatable bonds is 3. The number of carbonyl (C=O) groups is 1. The molecule has 1 atom stereocenters. The van der Waals surface area contributed by atoms with Gasteiger partial charge in [0.25, 0.3) is 5.91 Å². The Hall–Kier alpha value is -1.95. The molecule has 0 bridgehead atoms. The molecular formula is C17H20N2O3S. The fourth-order valence-electron chi connectivity index (χ4n) is 2.99. The van der Waals surface area contributed by atoms with Crippen molar-refractivity contribution in [1.29, 1.82) is 0 Å². The SMILES string of the molecule is Cc1ccc2nc(C)c(C(=O)NCC3CCS(=O)(=O)C3)cc2c1. The lowest BCUT2D eigenvalue weighted by molar-refractivity contribution is 0.0947. The van der Waals surface area contributed by atoms with E-state index in [0.29, 0.717) is 24.2 Å². The molecule has 6 heteroatoms. The molecule has 2 heterocycles. The second-order valence-electron chi connectivity index (χ2n) is 6.30. The van der Waals surface area contributed by atoms with Crippen LogP contribution in [0.25, 0.3) is 10.9 Å². The highest BCUT2D eigenvalue weighted by atomic mass is 32.2. The van der Waals surface area contributed by atoms with E-state index in [0.717, 1.165) is 16.5 Å². The van der Waals surface area contributed by atoms with Crippen LogP contribution in [0.2, 0.25) is 0 Å². The van der Waals surface area contributed by atoms with Crippen molar-refractivity contribution in [3.05, 3.63) is 41.1 Å². The fourth-order valence-corrected chi connectivity index (χ4v) is 4.85. The van der Waals surface area contributed by atoms with Gasteiger partial charge in [-0.2, -0.15) is 0 Å². The van der Waals surface area contributed by atoms with Crippen molar-refractivity contribution in [2.24, 2.45) is 5.92 Å². The number of aromatic nitrogens is 1. The summed E-state index contributed by atoms with van der Waals surface area (Å²) in [6, 6.07) is 7.80. The Labute approximate surface area is 136 Å². The summed E-state index contributed by atoms with van der Waals surface area (Å²) >= 11 is 0. The summed E-state index contributed by atoms with van der Waals surface area (Å²) in [5.74, 6) is 0.216. The lowest BCUT2D eigenvalue weighted by Crippen LogP contribution is -2.30. The fraction of sp³-hybridized carbons (Fsp3) is 0.412. The van der Waals surface area contributed by atoms with E-state index in [4.69, 9.17) is 0 Å². The summed E-state index contributed by atoms with van der Waals surface area (Å²) in [4.78, 5) is 16.9. The number of sulfone groups is 1. The minimum Gasteiger partial charge on any atom is -0.352 e. The minimum atomic E-state index is -2.91. The van der Waals surface area contributed by atoms with Crippen molar-refractivity contribution in [3.63, 3.8) is 0 Å². The molecule has 0 saturated carbocycles. The van der Waals surface area contributed by atoms with Gasteiger partial charge >= 0.3 is 0 Å². The molecule has 0 aliphatic carbocycles. The lowest BCUT2D eigenvalue weighted by Gasteiger charge is -2.12. The number of pyridine rings is 1. The quantitative estimate of drug-likeness (QED) is 0.933. The van der Waals surface area contributed by atoms with Crippen LogP contribution in [0.5, 0.6) is 0 Å². The Kier molecular flexibility index (Phi) is 4.10. The van der Waals surface area contributed by atoms with Crippen LogP contribution in [0.15, 0.2) is 24.3 Å². The minimum absolute atomic E-state index is 0.0138. The molecule has 1 aliphatic heterocycles. The van der Waals surface area contributed by atoms with Gasteiger partial charge in [0.1, 0.15) is 0 Å². The van der Waals surface area contributed by atoms with E-state index in [-0.39, 0.29) is 23.3 Å². The molecule has 5 nitrogen and oxygen atoms in total. The van der Waals surface area contributed by atoms with Crippen molar-refractivity contribution in [3.8, 4) is 0 Å². The van der Waals surface area contributed by atoms with E-state index < -0.39 is 9.84 Å². The number of hydrogen-bond donors (Lipinski definition) is 1. The molecule has 1 N–H and O–H groups in total. The predicted molar refractivity (Wildman–Crippen MR) is 90.3 cm³/mol. The normalized spacial score (nSPS) is 19.8. The highest BCUT2D eigenvalue weighted by Gasteiger charge is 2.28. The Balaban J connectivity index is 1.76. The van der Waals surface area contributed by atoms with Crippen molar-refractivity contribution in [2.75, 3.05) is 18.1 Å². The number of nitrogens with one attached hydrogen (secondary N) is 1. The lowest BCUT2D eigenvalue weighted by atomic mass is 10.1. The molecule has 2 aromatic rings. The smallest absolute Gasteiger partial charge is 0.253 e. The molecule has 1 fully saturated rings. The molecule has 1 amide bonds. The van der Waals surface area contributed by atoms with Crippen LogP contribution in [0.4, 0.5) is 0 Å². The summed E-state index contributed by atoms with van der Waals surface area (Å²) in [7, 11) is -2.91. The molecule has 1 aliphatic rings. The molecule has 0 radical (unpaired) electrons. The average Bonchev–Trinajstić information content (AvgIpc) is 2.84. The van der Waals surface area contributed by atoms with E-state index in [9.17, 15) is 13.2 Å². The highest BCUT2D eigenvalue weighted by molar-refractivity contribution is 7.91. The van der Waals surface area contributed by atoms with Crippen molar-refractivity contribution >= 4 is 26.6 Å². The van der Waals surface area contributed by atoms with Crippen LogP contribution in [0.1, 0.15) is 28.0 Å². The van der Waals surface area contributed by atoms with Gasteiger partial charge in [0.05, 0.1) is 28.3 Å². The first-order valence-corrected chi connectivity index (χ1v) is 9.53. The number of nitrogens with zero attached hydrogens (tertiary/aromatic N) is 1. The molecular weight excluding hydrogens is 312 g/mol. The second kappa shape index (κ2) is 5.92. The Morgan fingerprint density at radius 2 is 2.09 bits per heavy atom. The van der Waals surface area contributed by atoms with E-state index in [1.807, 2.05) is 38.1 Å². The van der Waals surface area contributed by atoms with Crippen LogP contribution < -0.4 is 5.32 Å². The highest BCUT2D eigenvalue weighted by Crippen LogP contribution is 2.20. The number of hydrogen-bond acceptors (Lipinski definition) is 4. The van der Waals surface area contributed by atoms with Crippen LogP contribution >= 0.6 is 0 Å². The molecule has 1 aromatic carbocycles. The Morgan fingerprint density at radius 1 is 1.30 bits per heavy atom. The number of fused-ring (bicyclic) bond motifs is 1. The van der Waals surface area contributed by atoms with Gasteiger partial charge in [0, 0.05) is 11.9 Å². The number of amides is 1.